The number of urea groups is 1. The summed E-state index contributed by atoms with van der Waals surface area (Å²) in [6, 6.07) is 1.73. The third kappa shape index (κ3) is 2.63. The second-order valence-corrected chi connectivity index (χ2v) is 4.88. The summed E-state index contributed by atoms with van der Waals surface area (Å²) >= 11 is 0. The fraction of sp³-hybridized carbons (Fsp3) is 0.357. The van der Waals surface area contributed by atoms with E-state index in [0.717, 1.165) is 18.2 Å². The molecule has 6 nitrogen and oxygen atoms in total. The predicted octanol–water partition coefficient (Wildman–Crippen LogP) is 1.29. The highest BCUT2D eigenvalue weighted by Crippen LogP contribution is 2.31. The van der Waals surface area contributed by atoms with Crippen molar-refractivity contribution in [3.63, 3.8) is 0 Å². The van der Waals surface area contributed by atoms with Crippen LogP contribution in [0.1, 0.15) is 19.4 Å². The predicted molar refractivity (Wildman–Crippen MR) is 70.6 cm³/mol. The quantitative estimate of drug-likeness (QED) is 0.671. The molecular formula is C14H14F2N2O4. The number of ether oxygens (including phenoxy) is 1. The van der Waals surface area contributed by atoms with E-state index in [-0.39, 0.29) is 12.2 Å². The average Bonchev–Trinajstić information content (AvgIpc) is 2.66. The maximum absolute atomic E-state index is 13.9. The van der Waals surface area contributed by atoms with Crippen LogP contribution in [0.3, 0.4) is 0 Å². The number of rotatable bonds is 4. The van der Waals surface area contributed by atoms with Crippen molar-refractivity contribution in [2.75, 3.05) is 13.2 Å². The molecule has 1 heterocycles. The number of carbonyl (C=O) groups excluding carboxylic acids is 3. The normalized spacial score (nSPS) is 21.0. The minimum Gasteiger partial charge on any atom is -0.465 e. The van der Waals surface area contributed by atoms with E-state index in [1.54, 1.807) is 6.92 Å². The van der Waals surface area contributed by atoms with Crippen molar-refractivity contribution in [3.8, 4) is 0 Å². The zero-order valence-electron chi connectivity index (χ0n) is 12.0. The second-order valence-electron chi connectivity index (χ2n) is 4.88. The average molecular weight is 312 g/mol. The van der Waals surface area contributed by atoms with Gasteiger partial charge in [-0.15, -0.1) is 0 Å². The molecule has 8 heteroatoms. The Morgan fingerprint density at radius 1 is 1.36 bits per heavy atom. The highest BCUT2D eigenvalue weighted by Gasteiger charge is 2.51. The molecule has 1 atom stereocenters. The summed E-state index contributed by atoms with van der Waals surface area (Å²) in [7, 11) is 0. The molecule has 0 saturated carbocycles. The number of hydrogen-bond donors (Lipinski definition) is 1. The minimum absolute atomic E-state index is 0.0955. The van der Waals surface area contributed by atoms with Crippen LogP contribution in [0.5, 0.6) is 0 Å². The highest BCUT2D eigenvalue weighted by molar-refractivity contribution is 6.08. The standard InChI is InChI=1S/C14H14F2N2O4/c1-3-22-11(19)7-18-12(20)14(2,17-13(18)21)9-6-8(15)4-5-10(9)16/h4-6H,3,7H2,1-2H3,(H,17,21)/t14-/m1/s1. The van der Waals surface area contributed by atoms with Crippen LogP contribution in [0.2, 0.25) is 0 Å². The largest absolute Gasteiger partial charge is 0.465 e. The lowest BCUT2D eigenvalue weighted by atomic mass is 9.91. The lowest BCUT2D eigenvalue weighted by Crippen LogP contribution is -2.42. The van der Waals surface area contributed by atoms with Gasteiger partial charge in [-0.1, -0.05) is 0 Å². The van der Waals surface area contributed by atoms with E-state index in [2.05, 4.69) is 10.1 Å². The first-order valence-corrected chi connectivity index (χ1v) is 6.55. The minimum atomic E-state index is -1.78. The number of nitrogens with zero attached hydrogens (tertiary/aromatic N) is 1. The summed E-state index contributed by atoms with van der Waals surface area (Å²) in [6.45, 7) is 2.33. The van der Waals surface area contributed by atoms with Crippen LogP contribution in [0.25, 0.3) is 0 Å². The summed E-state index contributed by atoms with van der Waals surface area (Å²) in [5.74, 6) is -3.20. The number of carbonyl (C=O) groups is 3. The molecule has 0 aliphatic carbocycles. The van der Waals surface area contributed by atoms with Crippen LogP contribution in [0.4, 0.5) is 13.6 Å². The Bertz CT molecular complexity index is 650. The Hall–Kier alpha value is -2.51. The second kappa shape index (κ2) is 5.70. The molecule has 1 aliphatic heterocycles. The van der Waals surface area contributed by atoms with Crippen molar-refractivity contribution in [3.05, 3.63) is 35.4 Å². The van der Waals surface area contributed by atoms with Crippen LogP contribution in [-0.4, -0.2) is 36.0 Å². The first kappa shape index (κ1) is 15.9. The summed E-state index contributed by atoms with van der Waals surface area (Å²) in [6.07, 6.45) is 0. The maximum Gasteiger partial charge on any atom is 0.326 e. The summed E-state index contributed by atoms with van der Waals surface area (Å²) in [5.41, 5.74) is -2.09. The van der Waals surface area contributed by atoms with E-state index in [4.69, 9.17) is 0 Å². The molecule has 1 aromatic rings. The van der Waals surface area contributed by atoms with Crippen molar-refractivity contribution in [1.29, 1.82) is 0 Å². The van der Waals surface area contributed by atoms with E-state index >= 15 is 0 Å². The van der Waals surface area contributed by atoms with E-state index in [9.17, 15) is 23.2 Å². The van der Waals surface area contributed by atoms with Crippen LogP contribution in [-0.2, 0) is 19.9 Å². The summed E-state index contributed by atoms with van der Waals surface area (Å²) in [4.78, 5) is 36.3. The molecule has 0 radical (unpaired) electrons. The van der Waals surface area contributed by atoms with Gasteiger partial charge in [-0.3, -0.25) is 14.5 Å². The summed E-state index contributed by atoms with van der Waals surface area (Å²) in [5, 5.41) is 2.28. The molecule has 0 aromatic heterocycles. The maximum atomic E-state index is 13.9. The lowest BCUT2D eigenvalue weighted by molar-refractivity contribution is -0.147. The Labute approximate surface area is 125 Å². The SMILES string of the molecule is CCOC(=O)CN1C(=O)N[C@](C)(c2cc(F)ccc2F)C1=O. The zero-order valence-corrected chi connectivity index (χ0v) is 12.0. The fourth-order valence-electron chi connectivity index (χ4n) is 2.24. The van der Waals surface area contributed by atoms with Crippen molar-refractivity contribution < 1.29 is 27.9 Å². The van der Waals surface area contributed by atoms with E-state index < -0.39 is 41.6 Å². The van der Waals surface area contributed by atoms with Crippen molar-refractivity contribution in [2.24, 2.45) is 0 Å². The number of hydrogen-bond acceptors (Lipinski definition) is 4. The molecule has 1 aliphatic rings. The molecule has 2 rings (SSSR count). The smallest absolute Gasteiger partial charge is 0.326 e. The molecule has 1 fully saturated rings. The fourth-order valence-corrected chi connectivity index (χ4v) is 2.24. The topological polar surface area (TPSA) is 75.7 Å². The number of benzene rings is 1. The van der Waals surface area contributed by atoms with Crippen LogP contribution in [0, 0.1) is 11.6 Å². The van der Waals surface area contributed by atoms with E-state index in [0.29, 0.717) is 4.90 Å². The van der Waals surface area contributed by atoms with Crippen molar-refractivity contribution in [2.45, 2.75) is 19.4 Å². The van der Waals surface area contributed by atoms with Gasteiger partial charge in [0.05, 0.1) is 6.61 Å². The van der Waals surface area contributed by atoms with Gasteiger partial charge in [-0.25, -0.2) is 13.6 Å². The Morgan fingerprint density at radius 2 is 2.05 bits per heavy atom. The Kier molecular flexibility index (Phi) is 4.11. The van der Waals surface area contributed by atoms with E-state index in [1.807, 2.05) is 0 Å². The van der Waals surface area contributed by atoms with Crippen LogP contribution >= 0.6 is 0 Å². The van der Waals surface area contributed by atoms with Gasteiger partial charge in [-0.05, 0) is 32.0 Å². The number of esters is 1. The van der Waals surface area contributed by atoms with Gasteiger partial charge in [-0.2, -0.15) is 0 Å². The third-order valence-electron chi connectivity index (χ3n) is 3.33. The van der Waals surface area contributed by atoms with E-state index in [1.165, 1.54) is 6.92 Å². The number of halogens is 2. The molecule has 0 unspecified atom stereocenters. The van der Waals surface area contributed by atoms with Crippen LogP contribution in [0.15, 0.2) is 18.2 Å². The molecular weight excluding hydrogens is 298 g/mol. The van der Waals surface area contributed by atoms with Gasteiger partial charge in [0.15, 0.2) is 0 Å². The third-order valence-corrected chi connectivity index (χ3v) is 3.33. The Morgan fingerprint density at radius 3 is 2.68 bits per heavy atom. The molecule has 22 heavy (non-hydrogen) atoms. The van der Waals surface area contributed by atoms with Gasteiger partial charge >= 0.3 is 12.0 Å². The first-order valence-electron chi connectivity index (χ1n) is 6.55. The van der Waals surface area contributed by atoms with Gasteiger partial charge in [0.25, 0.3) is 5.91 Å². The lowest BCUT2D eigenvalue weighted by Gasteiger charge is -2.22. The van der Waals surface area contributed by atoms with Gasteiger partial charge in [0, 0.05) is 5.56 Å². The highest BCUT2D eigenvalue weighted by atomic mass is 19.1. The van der Waals surface area contributed by atoms with Crippen LogP contribution < -0.4 is 5.32 Å². The molecule has 1 N–H and O–H groups in total. The Balaban J connectivity index is 2.33. The van der Waals surface area contributed by atoms with Crippen molar-refractivity contribution in [1.82, 2.24) is 10.2 Å². The molecule has 1 aromatic carbocycles. The molecule has 3 amide bonds. The molecule has 118 valence electrons. The monoisotopic (exact) mass is 312 g/mol. The first-order chi connectivity index (χ1) is 10.3. The summed E-state index contributed by atoms with van der Waals surface area (Å²) < 4.78 is 31.9. The van der Waals surface area contributed by atoms with Gasteiger partial charge < -0.3 is 10.1 Å². The number of amides is 3. The molecule has 0 bridgehead atoms. The zero-order chi connectivity index (χ0) is 16.5. The van der Waals surface area contributed by atoms with Crippen molar-refractivity contribution >= 4 is 17.9 Å². The number of imide groups is 1. The molecule has 1 saturated heterocycles. The van der Waals surface area contributed by atoms with Gasteiger partial charge in [0.2, 0.25) is 0 Å². The van der Waals surface area contributed by atoms with Gasteiger partial charge in [0.1, 0.15) is 23.7 Å². The molecule has 0 spiro atoms. The number of nitrogens with one attached hydrogen (secondary N) is 1.